The number of carbonyl (C=O) groups is 2. The maximum atomic E-state index is 12.6. The van der Waals surface area contributed by atoms with Crippen molar-refractivity contribution in [2.24, 2.45) is 5.73 Å². The van der Waals surface area contributed by atoms with Gasteiger partial charge in [-0.05, 0) is 83.5 Å². The van der Waals surface area contributed by atoms with Gasteiger partial charge in [0.2, 0.25) is 0 Å². The van der Waals surface area contributed by atoms with E-state index in [2.05, 4.69) is 68.5 Å². The van der Waals surface area contributed by atoms with Crippen LogP contribution < -0.4 is 5.73 Å². The van der Waals surface area contributed by atoms with E-state index >= 15 is 0 Å². The highest BCUT2D eigenvalue weighted by atomic mass is 31.2. The van der Waals surface area contributed by atoms with E-state index in [0.29, 0.717) is 19.3 Å². The first-order valence-corrected chi connectivity index (χ1v) is 23.0. The molecule has 0 aromatic heterocycles. The number of aliphatic hydroxyl groups excluding tert-OH is 1. The third kappa shape index (κ3) is 40.8. The first-order valence-electron chi connectivity index (χ1n) is 21.5. The lowest BCUT2D eigenvalue weighted by molar-refractivity contribution is -0.161. The van der Waals surface area contributed by atoms with Crippen LogP contribution in [-0.2, 0) is 32.7 Å². The number of esters is 2. The fourth-order valence-corrected chi connectivity index (χ4v) is 5.81. The Labute approximate surface area is 351 Å². The Bertz CT molecular complexity index is 1330. The predicted octanol–water partition coefficient (Wildman–Crippen LogP) is 11.4. The molecule has 0 heterocycles. The van der Waals surface area contributed by atoms with Gasteiger partial charge in [0.05, 0.1) is 19.3 Å². The smallest absolute Gasteiger partial charge is 0.462 e. The van der Waals surface area contributed by atoms with Crippen LogP contribution >= 0.6 is 7.82 Å². The number of phosphoric ester groups is 1. The Balaban J connectivity index is 4.40. The molecule has 0 aromatic carbocycles. The highest BCUT2D eigenvalue weighted by molar-refractivity contribution is 7.47. The number of carbonyl (C=O) groups excluding carboxylic acids is 2. The predicted molar refractivity (Wildman–Crippen MR) is 239 cm³/mol. The molecule has 10 nitrogen and oxygen atoms in total. The van der Waals surface area contributed by atoms with Gasteiger partial charge >= 0.3 is 19.8 Å². The summed E-state index contributed by atoms with van der Waals surface area (Å²) >= 11 is 0. The van der Waals surface area contributed by atoms with Gasteiger partial charge in [-0.2, -0.15) is 0 Å². The Hall–Kier alpha value is -3.37. The van der Waals surface area contributed by atoms with Gasteiger partial charge in [0.25, 0.3) is 0 Å². The van der Waals surface area contributed by atoms with Gasteiger partial charge in [-0.15, -0.1) is 0 Å². The number of ether oxygens (including phenoxy) is 2. The van der Waals surface area contributed by atoms with Crippen molar-refractivity contribution in [1.29, 1.82) is 0 Å². The van der Waals surface area contributed by atoms with E-state index in [4.69, 9.17) is 24.3 Å². The number of hydrogen-bond donors (Lipinski definition) is 3. The molecule has 2 unspecified atom stereocenters. The van der Waals surface area contributed by atoms with Crippen LogP contribution in [0, 0.1) is 0 Å². The Morgan fingerprint density at radius 2 is 1.19 bits per heavy atom. The van der Waals surface area contributed by atoms with E-state index in [1.54, 1.807) is 6.08 Å². The summed E-state index contributed by atoms with van der Waals surface area (Å²) in [5.41, 5.74) is 5.34. The van der Waals surface area contributed by atoms with Gasteiger partial charge in [-0.25, -0.2) is 4.57 Å². The third-order valence-electron chi connectivity index (χ3n) is 8.24. The van der Waals surface area contributed by atoms with Crippen LogP contribution in [0.4, 0.5) is 0 Å². The van der Waals surface area contributed by atoms with E-state index < -0.39 is 38.6 Å². The van der Waals surface area contributed by atoms with Crippen LogP contribution in [0.1, 0.15) is 136 Å². The zero-order valence-electron chi connectivity index (χ0n) is 35.6. The van der Waals surface area contributed by atoms with E-state index in [-0.39, 0.29) is 32.6 Å². The molecular formula is C47H76NO9P. The first kappa shape index (κ1) is 54.6. The summed E-state index contributed by atoms with van der Waals surface area (Å²) in [6, 6.07) is 0. The molecule has 0 amide bonds. The van der Waals surface area contributed by atoms with Crippen LogP contribution in [0.25, 0.3) is 0 Å². The van der Waals surface area contributed by atoms with Crippen molar-refractivity contribution in [1.82, 2.24) is 0 Å². The first-order chi connectivity index (χ1) is 28.2. The summed E-state index contributed by atoms with van der Waals surface area (Å²) in [5, 5.41) is 9.83. The van der Waals surface area contributed by atoms with Crippen LogP contribution in [0.2, 0.25) is 0 Å². The molecule has 0 aliphatic heterocycles. The lowest BCUT2D eigenvalue weighted by atomic mass is 10.1. The molecule has 0 aliphatic rings. The second-order valence-corrected chi connectivity index (χ2v) is 15.1. The summed E-state index contributed by atoms with van der Waals surface area (Å²) in [7, 11) is -4.42. The molecule has 0 rings (SSSR count). The molecular weight excluding hydrogens is 753 g/mol. The van der Waals surface area contributed by atoms with E-state index in [1.807, 2.05) is 48.6 Å². The minimum Gasteiger partial charge on any atom is -0.462 e. The molecule has 0 saturated heterocycles. The molecule has 328 valence electrons. The molecule has 11 heteroatoms. The largest absolute Gasteiger partial charge is 0.472 e. The Morgan fingerprint density at radius 3 is 1.79 bits per heavy atom. The van der Waals surface area contributed by atoms with Crippen molar-refractivity contribution in [2.75, 3.05) is 26.4 Å². The van der Waals surface area contributed by atoms with Crippen molar-refractivity contribution in [3.05, 3.63) is 109 Å². The summed E-state index contributed by atoms with van der Waals surface area (Å²) < 4.78 is 32.6. The molecule has 0 bridgehead atoms. The summed E-state index contributed by atoms with van der Waals surface area (Å²) in [6.07, 6.45) is 51.7. The monoisotopic (exact) mass is 830 g/mol. The molecule has 0 spiro atoms. The van der Waals surface area contributed by atoms with E-state index in [0.717, 1.165) is 64.2 Å². The van der Waals surface area contributed by atoms with Crippen molar-refractivity contribution < 1.29 is 42.7 Å². The molecule has 0 saturated carbocycles. The molecule has 3 atom stereocenters. The summed E-state index contributed by atoms with van der Waals surface area (Å²) in [4.78, 5) is 34.8. The minimum atomic E-state index is -4.42. The number of unbranched alkanes of at least 4 members (excludes halogenated alkanes) is 7. The van der Waals surface area contributed by atoms with Gasteiger partial charge < -0.3 is 25.2 Å². The number of nitrogens with two attached hydrogens (primary N) is 1. The van der Waals surface area contributed by atoms with Gasteiger partial charge in [-0.1, -0.05) is 149 Å². The average Bonchev–Trinajstić information content (AvgIpc) is 3.20. The molecule has 0 radical (unpaired) electrons. The number of rotatable bonds is 38. The fraction of sp³-hybridized carbons (Fsp3) is 0.574. The topological polar surface area (TPSA) is 155 Å². The quantitative estimate of drug-likeness (QED) is 0.0180. The lowest BCUT2D eigenvalue weighted by Gasteiger charge is -2.19. The van der Waals surface area contributed by atoms with Crippen LogP contribution in [0.3, 0.4) is 0 Å². The van der Waals surface area contributed by atoms with Gasteiger partial charge in [0.15, 0.2) is 6.10 Å². The second kappa shape index (κ2) is 41.8. The molecule has 58 heavy (non-hydrogen) atoms. The highest BCUT2D eigenvalue weighted by Gasteiger charge is 2.25. The van der Waals surface area contributed by atoms with Gasteiger partial charge in [0, 0.05) is 19.4 Å². The van der Waals surface area contributed by atoms with Crippen molar-refractivity contribution >= 4 is 19.8 Å². The van der Waals surface area contributed by atoms with Gasteiger partial charge in [-0.3, -0.25) is 18.6 Å². The number of phosphoric acid groups is 1. The summed E-state index contributed by atoms with van der Waals surface area (Å²) in [6.45, 7) is 3.34. The fourth-order valence-electron chi connectivity index (χ4n) is 5.04. The standard InChI is InChI=1S/C47H76NO9P/c1-3-5-7-8-9-10-11-12-13-14-15-18-21-24-27-30-34-38-46(50)54-42-45(43-56-58(52,53)55-41-40-48)57-47(51)39-35-31-28-25-22-19-16-17-20-23-26-29-33-37-44(49)36-32-6-4-2/h6,9-10,12-13,15,17-20,22,26,28-29,31-33,37,44-45,49H,3-5,7-8,11,14,16,21,23-25,27,30,34-36,38-43,48H2,1-2H3,(H,52,53)/b10-9-,13-12-,18-15-,20-17-,22-19-,29-26+,31-28-,32-6-,37-33+/t44?,45-/m1/s1. The Morgan fingerprint density at radius 1 is 0.621 bits per heavy atom. The number of allylic oxidation sites excluding steroid dienone is 16. The number of aliphatic hydroxyl groups is 1. The molecule has 4 N–H and O–H groups in total. The Kier molecular flexibility index (Phi) is 39.4. The van der Waals surface area contributed by atoms with Crippen LogP contribution in [0.5, 0.6) is 0 Å². The lowest BCUT2D eigenvalue weighted by Crippen LogP contribution is -2.29. The molecule has 0 aliphatic carbocycles. The molecule has 0 fully saturated rings. The van der Waals surface area contributed by atoms with Crippen LogP contribution in [-0.4, -0.2) is 60.5 Å². The third-order valence-corrected chi connectivity index (χ3v) is 9.22. The average molecular weight is 830 g/mol. The van der Waals surface area contributed by atoms with Gasteiger partial charge in [0.1, 0.15) is 6.61 Å². The van der Waals surface area contributed by atoms with Crippen molar-refractivity contribution in [3.63, 3.8) is 0 Å². The minimum absolute atomic E-state index is 0.0256. The van der Waals surface area contributed by atoms with Crippen LogP contribution in [0.15, 0.2) is 109 Å². The zero-order chi connectivity index (χ0) is 42.6. The summed E-state index contributed by atoms with van der Waals surface area (Å²) in [5.74, 6) is -0.986. The number of hydrogen-bond acceptors (Lipinski definition) is 9. The van der Waals surface area contributed by atoms with Crippen molar-refractivity contribution in [2.45, 2.75) is 148 Å². The maximum Gasteiger partial charge on any atom is 0.472 e. The SMILES string of the molecule is CC/C=C\CC(O)/C=C/C=C/C/C=C\C/C=C\C/C=C\CCC(=O)O[C@H](COC(=O)CCCCCC/C=C\C/C=C\C/C=C\CCCCC)COP(=O)(O)OCCN. The maximum absolute atomic E-state index is 12.6. The zero-order valence-corrected chi connectivity index (χ0v) is 36.5. The second-order valence-electron chi connectivity index (χ2n) is 13.7. The highest BCUT2D eigenvalue weighted by Crippen LogP contribution is 2.43. The van der Waals surface area contributed by atoms with Crippen molar-refractivity contribution in [3.8, 4) is 0 Å². The normalized spacial score (nSPS) is 14.9. The van der Waals surface area contributed by atoms with E-state index in [9.17, 15) is 24.2 Å². The van der Waals surface area contributed by atoms with E-state index in [1.165, 1.54) is 25.7 Å². The molecule has 0 aromatic rings.